The average Bonchev–Trinajstić information content (AvgIpc) is 3.41. The molecule has 0 saturated carbocycles. The van der Waals surface area contributed by atoms with E-state index in [9.17, 15) is 14.0 Å². The van der Waals surface area contributed by atoms with Gasteiger partial charge in [-0.25, -0.2) is 9.45 Å². The Balaban J connectivity index is 1.67. The van der Waals surface area contributed by atoms with Gasteiger partial charge in [-0.15, -0.1) is 0 Å². The lowest BCUT2D eigenvalue weighted by molar-refractivity contribution is -0.290. The van der Waals surface area contributed by atoms with Crippen LogP contribution in [0.3, 0.4) is 0 Å². The lowest BCUT2D eigenvalue weighted by Gasteiger charge is -2.39. The third kappa shape index (κ3) is 9.41. The Kier molecular flexibility index (Phi) is 11.6. The molecule has 1 aromatic heterocycles. The topological polar surface area (TPSA) is 79.2 Å². The van der Waals surface area contributed by atoms with Crippen LogP contribution in [0.25, 0.3) is 28.3 Å². The van der Waals surface area contributed by atoms with Crippen molar-refractivity contribution in [2.24, 2.45) is 0 Å². The number of hydrogen-bond donors (Lipinski definition) is 0. The maximum absolute atomic E-state index is 14.8. The van der Waals surface area contributed by atoms with Crippen molar-refractivity contribution >= 4 is 18.0 Å². The van der Waals surface area contributed by atoms with E-state index in [4.69, 9.17) is 19.0 Å². The molecule has 1 aliphatic heterocycles. The zero-order chi connectivity index (χ0) is 36.9. The van der Waals surface area contributed by atoms with Crippen LogP contribution < -0.4 is 0 Å². The minimum absolute atomic E-state index is 0.0860. The van der Waals surface area contributed by atoms with Crippen LogP contribution in [0, 0.1) is 5.82 Å². The van der Waals surface area contributed by atoms with E-state index < -0.39 is 23.6 Å². The van der Waals surface area contributed by atoms with E-state index in [0.717, 1.165) is 27.9 Å². The molecule has 8 nitrogen and oxygen atoms in total. The number of halogens is 1. The van der Waals surface area contributed by atoms with Gasteiger partial charge in [-0.1, -0.05) is 78.9 Å². The summed E-state index contributed by atoms with van der Waals surface area (Å²) in [7, 11) is 1.49. The van der Waals surface area contributed by atoms with E-state index in [-0.39, 0.29) is 36.7 Å². The van der Waals surface area contributed by atoms with Crippen molar-refractivity contribution in [3.05, 3.63) is 114 Å². The van der Waals surface area contributed by atoms with Gasteiger partial charge in [0.25, 0.3) is 5.91 Å². The zero-order valence-electron chi connectivity index (χ0n) is 30.8. The third-order valence-electron chi connectivity index (χ3n) is 8.44. The lowest BCUT2D eigenvalue weighted by atomic mass is 9.94. The molecule has 1 amide bonds. The highest BCUT2D eigenvalue weighted by Gasteiger charge is 2.37. The highest BCUT2D eigenvalue weighted by molar-refractivity contribution is 6.06. The van der Waals surface area contributed by atoms with E-state index in [0.29, 0.717) is 17.7 Å². The summed E-state index contributed by atoms with van der Waals surface area (Å²) in [4.78, 5) is 33.3. The normalized spacial score (nSPS) is 17.5. The highest BCUT2D eigenvalue weighted by atomic mass is 19.1. The Morgan fingerprint density at radius 2 is 1.55 bits per heavy atom. The molecule has 0 spiro atoms. The second kappa shape index (κ2) is 15.8. The van der Waals surface area contributed by atoms with Crippen LogP contribution in [0.2, 0.25) is 0 Å². The molecule has 2 heterocycles. The minimum atomic E-state index is -0.966. The summed E-state index contributed by atoms with van der Waals surface area (Å²) in [5.41, 5.74) is 4.51. The molecule has 2 unspecified atom stereocenters. The third-order valence-corrected chi connectivity index (χ3v) is 8.44. The van der Waals surface area contributed by atoms with Gasteiger partial charge in [-0.3, -0.25) is 14.4 Å². The Labute approximate surface area is 300 Å². The number of hydrogen-bond acceptors (Lipinski definition) is 6. The van der Waals surface area contributed by atoms with Gasteiger partial charge in [-0.2, -0.15) is 0 Å². The number of rotatable bonds is 11. The molecular formula is C42H49FN2O6. The maximum Gasteiger partial charge on any atom is 0.308 e. The van der Waals surface area contributed by atoms with Crippen molar-refractivity contribution in [2.45, 2.75) is 97.5 Å². The Bertz CT molecular complexity index is 1830. The number of carbonyl (C=O) groups is 2. The molecule has 1 saturated heterocycles. The summed E-state index contributed by atoms with van der Waals surface area (Å²) in [6.45, 7) is 13.4. The van der Waals surface area contributed by atoms with E-state index in [1.807, 2.05) is 126 Å². The first kappa shape index (κ1) is 37.7. The van der Waals surface area contributed by atoms with Crippen LogP contribution in [0.5, 0.6) is 0 Å². The average molecular weight is 697 g/mol. The Morgan fingerprint density at radius 1 is 0.941 bits per heavy atom. The molecule has 0 aliphatic carbocycles. The van der Waals surface area contributed by atoms with Gasteiger partial charge in [0.15, 0.2) is 5.79 Å². The summed E-state index contributed by atoms with van der Waals surface area (Å²) < 4.78 is 34.4. The molecule has 0 N–H and O–H groups in total. The molecule has 0 bridgehead atoms. The summed E-state index contributed by atoms with van der Waals surface area (Å²) in [5, 5.41) is 1.36. The van der Waals surface area contributed by atoms with Crippen molar-refractivity contribution < 1.29 is 33.0 Å². The minimum Gasteiger partial charge on any atom is -0.460 e. The van der Waals surface area contributed by atoms with E-state index in [1.54, 1.807) is 12.1 Å². The van der Waals surface area contributed by atoms with Gasteiger partial charge < -0.3 is 18.8 Å². The number of aromatic nitrogens is 1. The number of ether oxygens (including phenoxy) is 3. The van der Waals surface area contributed by atoms with Gasteiger partial charge in [0, 0.05) is 29.3 Å². The lowest BCUT2D eigenvalue weighted by Crippen LogP contribution is -2.45. The molecule has 9 heteroatoms. The molecule has 2 atom stereocenters. The van der Waals surface area contributed by atoms with Gasteiger partial charge in [0.05, 0.1) is 32.3 Å². The number of amides is 1. The van der Waals surface area contributed by atoms with E-state index in [1.165, 1.54) is 24.3 Å². The first-order valence-corrected chi connectivity index (χ1v) is 17.4. The number of carbonyl (C=O) groups excluding carboxylic acids is 2. The number of esters is 1. The summed E-state index contributed by atoms with van der Waals surface area (Å²) >= 11 is 0. The van der Waals surface area contributed by atoms with Crippen molar-refractivity contribution in [3.8, 4) is 22.3 Å². The fourth-order valence-corrected chi connectivity index (χ4v) is 6.56. The molecule has 1 aliphatic rings. The Hall–Kier alpha value is -4.57. The number of benzene rings is 3. The highest BCUT2D eigenvalue weighted by Crippen LogP contribution is 2.43. The monoisotopic (exact) mass is 696 g/mol. The largest absolute Gasteiger partial charge is 0.460 e. The molecule has 270 valence electrons. The molecule has 4 aromatic rings. The molecule has 0 radical (unpaired) electrons. The van der Waals surface area contributed by atoms with Gasteiger partial charge in [0.2, 0.25) is 0 Å². The first-order valence-electron chi connectivity index (χ1n) is 17.4. The van der Waals surface area contributed by atoms with Crippen LogP contribution in [-0.2, 0) is 30.4 Å². The number of hydroxylamine groups is 2. The maximum atomic E-state index is 14.8. The molecule has 5 rings (SSSR count). The first-order chi connectivity index (χ1) is 24.2. The zero-order valence-corrected chi connectivity index (χ0v) is 30.8. The van der Waals surface area contributed by atoms with Gasteiger partial charge in [-0.05, 0) is 83.4 Å². The quantitative estimate of drug-likeness (QED) is 0.115. The fraction of sp³-hybridized carbons (Fsp3) is 0.381. The van der Waals surface area contributed by atoms with Gasteiger partial charge >= 0.3 is 5.97 Å². The van der Waals surface area contributed by atoms with Crippen LogP contribution in [0.15, 0.2) is 91.0 Å². The van der Waals surface area contributed by atoms with Gasteiger partial charge in [0.1, 0.15) is 17.1 Å². The van der Waals surface area contributed by atoms with Crippen LogP contribution in [0.1, 0.15) is 89.1 Å². The summed E-state index contributed by atoms with van der Waals surface area (Å²) in [6.07, 6.45) is 3.56. The van der Waals surface area contributed by atoms with Crippen LogP contribution in [-0.4, -0.2) is 52.2 Å². The molecule has 51 heavy (non-hydrogen) atoms. The number of nitrogens with zero attached hydrogens (tertiary/aromatic N) is 2. The molecular weight excluding hydrogens is 647 g/mol. The van der Waals surface area contributed by atoms with Crippen molar-refractivity contribution in [1.82, 2.24) is 9.63 Å². The van der Waals surface area contributed by atoms with Crippen molar-refractivity contribution in [3.63, 3.8) is 0 Å². The van der Waals surface area contributed by atoms with Crippen LogP contribution >= 0.6 is 0 Å². The standard InChI is InChI=1S/C42H49FN2O6/c1-28(2)45-35(24-23-33-25-34(50-42(6,7)49-33)26-36(46)51-41(3,4)5)37(31-19-21-32(43)22-20-31)38(30-17-13-10-14-18-30)39(45)40(47)44(48-8)27-29-15-11-9-12-16-29/h9-24,28,33-34H,25-27H2,1-8H3. The van der Waals surface area contributed by atoms with Crippen LogP contribution in [0.4, 0.5) is 4.39 Å². The SMILES string of the molecule is CON(Cc1ccccc1)C(=O)c1c(-c2ccccc2)c(-c2ccc(F)cc2)c(C=CC2CC(CC(=O)OC(C)(C)C)OC(C)(C)O2)n1C(C)C. The molecule has 3 aromatic carbocycles. The van der Waals surface area contributed by atoms with E-state index in [2.05, 4.69) is 0 Å². The predicted octanol–water partition coefficient (Wildman–Crippen LogP) is 9.40. The molecule has 1 fully saturated rings. The Morgan fingerprint density at radius 3 is 2.14 bits per heavy atom. The van der Waals surface area contributed by atoms with E-state index >= 15 is 0 Å². The predicted molar refractivity (Wildman–Crippen MR) is 197 cm³/mol. The van der Waals surface area contributed by atoms with Crippen molar-refractivity contribution in [2.75, 3.05) is 7.11 Å². The second-order valence-electron chi connectivity index (χ2n) is 14.5. The summed E-state index contributed by atoms with van der Waals surface area (Å²) in [6, 6.07) is 25.5. The fourth-order valence-electron chi connectivity index (χ4n) is 6.56. The second-order valence-corrected chi connectivity index (χ2v) is 14.5. The smallest absolute Gasteiger partial charge is 0.308 e. The van der Waals surface area contributed by atoms with Crippen molar-refractivity contribution in [1.29, 1.82) is 0 Å². The summed E-state index contributed by atoms with van der Waals surface area (Å²) in [5.74, 6) is -1.99.